The molecular weight excluding hydrogens is 262 g/mol. The van der Waals surface area contributed by atoms with E-state index in [0.717, 1.165) is 25.1 Å². The van der Waals surface area contributed by atoms with E-state index in [2.05, 4.69) is 42.5 Å². The monoisotopic (exact) mass is 285 g/mol. The van der Waals surface area contributed by atoms with Crippen molar-refractivity contribution in [2.75, 3.05) is 6.54 Å². The van der Waals surface area contributed by atoms with Crippen LogP contribution >= 0.6 is 0 Å². The van der Waals surface area contributed by atoms with Gasteiger partial charge in [-0.15, -0.1) is 0 Å². The SMILES string of the molecule is CCNC(c1ccnn1-c1ccccc1)C1CCC(C)O1. The van der Waals surface area contributed by atoms with Gasteiger partial charge in [-0.25, -0.2) is 4.68 Å². The van der Waals surface area contributed by atoms with Gasteiger partial charge in [0, 0.05) is 6.20 Å². The molecule has 0 spiro atoms. The van der Waals surface area contributed by atoms with Crippen molar-refractivity contribution in [1.29, 1.82) is 0 Å². The molecule has 4 nitrogen and oxygen atoms in total. The van der Waals surface area contributed by atoms with Crippen LogP contribution in [0, 0.1) is 0 Å². The highest BCUT2D eigenvalue weighted by molar-refractivity contribution is 5.33. The molecule has 0 radical (unpaired) electrons. The van der Waals surface area contributed by atoms with Crippen LogP contribution in [-0.2, 0) is 4.74 Å². The number of likely N-dealkylation sites (N-methyl/N-ethyl adjacent to an activating group) is 1. The maximum Gasteiger partial charge on any atom is 0.0789 e. The predicted octanol–water partition coefficient (Wildman–Crippen LogP) is 3.09. The van der Waals surface area contributed by atoms with Gasteiger partial charge in [0.1, 0.15) is 0 Å². The minimum atomic E-state index is 0.183. The van der Waals surface area contributed by atoms with E-state index in [-0.39, 0.29) is 12.1 Å². The number of benzene rings is 1. The average molecular weight is 285 g/mol. The first-order valence-corrected chi connectivity index (χ1v) is 7.77. The van der Waals surface area contributed by atoms with Crippen molar-refractivity contribution in [2.24, 2.45) is 0 Å². The van der Waals surface area contributed by atoms with E-state index >= 15 is 0 Å². The van der Waals surface area contributed by atoms with Gasteiger partial charge in [-0.3, -0.25) is 0 Å². The van der Waals surface area contributed by atoms with Crippen LogP contribution in [0.15, 0.2) is 42.6 Å². The second kappa shape index (κ2) is 6.41. The summed E-state index contributed by atoms with van der Waals surface area (Å²) in [5.41, 5.74) is 2.26. The summed E-state index contributed by atoms with van der Waals surface area (Å²) in [7, 11) is 0. The third-order valence-electron chi connectivity index (χ3n) is 4.05. The fourth-order valence-electron chi connectivity index (χ4n) is 3.06. The Morgan fingerprint density at radius 1 is 1.29 bits per heavy atom. The van der Waals surface area contributed by atoms with Gasteiger partial charge >= 0.3 is 0 Å². The zero-order valence-corrected chi connectivity index (χ0v) is 12.7. The van der Waals surface area contributed by atoms with E-state index in [1.54, 1.807) is 0 Å². The van der Waals surface area contributed by atoms with Crippen molar-refractivity contribution in [3.63, 3.8) is 0 Å². The number of aromatic nitrogens is 2. The molecule has 0 aliphatic carbocycles. The van der Waals surface area contributed by atoms with Crippen LogP contribution in [-0.4, -0.2) is 28.5 Å². The lowest BCUT2D eigenvalue weighted by atomic mass is 10.0. The van der Waals surface area contributed by atoms with Gasteiger partial charge < -0.3 is 10.1 Å². The van der Waals surface area contributed by atoms with E-state index in [0.29, 0.717) is 6.10 Å². The van der Waals surface area contributed by atoms with Crippen molar-refractivity contribution in [1.82, 2.24) is 15.1 Å². The Morgan fingerprint density at radius 2 is 2.10 bits per heavy atom. The van der Waals surface area contributed by atoms with Crippen LogP contribution in [0.2, 0.25) is 0 Å². The maximum absolute atomic E-state index is 6.09. The number of rotatable bonds is 5. The number of ether oxygens (including phenoxy) is 1. The lowest BCUT2D eigenvalue weighted by Gasteiger charge is -2.25. The highest BCUT2D eigenvalue weighted by Crippen LogP contribution is 2.30. The summed E-state index contributed by atoms with van der Waals surface area (Å²) in [6, 6.07) is 12.5. The van der Waals surface area contributed by atoms with Gasteiger partial charge in [-0.2, -0.15) is 5.10 Å². The molecule has 1 N–H and O–H groups in total. The minimum Gasteiger partial charge on any atom is -0.373 e. The fraction of sp³-hybridized carbons (Fsp3) is 0.471. The van der Waals surface area contributed by atoms with Crippen LogP contribution in [0.25, 0.3) is 5.69 Å². The van der Waals surface area contributed by atoms with Gasteiger partial charge in [-0.05, 0) is 44.5 Å². The Hall–Kier alpha value is -1.65. The van der Waals surface area contributed by atoms with Crippen LogP contribution in [0.4, 0.5) is 0 Å². The largest absolute Gasteiger partial charge is 0.373 e. The van der Waals surface area contributed by atoms with Crippen LogP contribution in [0.1, 0.15) is 38.4 Å². The van der Waals surface area contributed by atoms with Crippen LogP contribution in [0.3, 0.4) is 0 Å². The molecule has 4 heteroatoms. The van der Waals surface area contributed by atoms with Crippen molar-refractivity contribution >= 4 is 0 Å². The van der Waals surface area contributed by atoms with E-state index in [1.807, 2.05) is 29.1 Å². The quantitative estimate of drug-likeness (QED) is 0.917. The van der Waals surface area contributed by atoms with E-state index in [1.165, 1.54) is 5.69 Å². The van der Waals surface area contributed by atoms with E-state index in [9.17, 15) is 0 Å². The topological polar surface area (TPSA) is 39.1 Å². The molecule has 1 aromatic heterocycles. The van der Waals surface area contributed by atoms with Gasteiger partial charge in [0.05, 0.1) is 29.6 Å². The van der Waals surface area contributed by atoms with Crippen molar-refractivity contribution < 1.29 is 4.74 Å². The highest BCUT2D eigenvalue weighted by Gasteiger charge is 2.32. The zero-order valence-electron chi connectivity index (χ0n) is 12.7. The lowest BCUT2D eigenvalue weighted by Crippen LogP contribution is -2.33. The zero-order chi connectivity index (χ0) is 14.7. The number of para-hydroxylation sites is 1. The maximum atomic E-state index is 6.09. The Bertz CT molecular complexity index is 566. The Morgan fingerprint density at radius 3 is 2.76 bits per heavy atom. The fourth-order valence-corrected chi connectivity index (χ4v) is 3.06. The minimum absolute atomic E-state index is 0.183. The second-order valence-electron chi connectivity index (χ2n) is 5.60. The normalized spacial score (nSPS) is 23.3. The Labute approximate surface area is 126 Å². The standard InChI is InChI=1S/C17H23N3O/c1-3-18-17(16-10-9-13(2)21-16)15-11-12-19-20(15)14-7-5-4-6-8-14/h4-8,11-13,16-18H,3,9-10H2,1-2H3. The third kappa shape index (κ3) is 3.01. The molecule has 1 aromatic carbocycles. The molecule has 112 valence electrons. The molecule has 0 amide bonds. The average Bonchev–Trinajstić information content (AvgIpc) is 3.15. The number of hydrogen-bond donors (Lipinski definition) is 1. The number of nitrogens with zero attached hydrogens (tertiary/aromatic N) is 2. The predicted molar refractivity (Wildman–Crippen MR) is 83.6 cm³/mol. The smallest absolute Gasteiger partial charge is 0.0789 e. The molecule has 0 saturated carbocycles. The van der Waals surface area contributed by atoms with E-state index in [4.69, 9.17) is 4.74 Å². The summed E-state index contributed by atoms with van der Waals surface area (Å²) < 4.78 is 8.10. The highest BCUT2D eigenvalue weighted by atomic mass is 16.5. The molecule has 1 fully saturated rings. The van der Waals surface area contributed by atoms with Crippen molar-refractivity contribution in [3.8, 4) is 5.69 Å². The number of nitrogens with one attached hydrogen (secondary N) is 1. The van der Waals surface area contributed by atoms with Crippen LogP contribution < -0.4 is 5.32 Å². The van der Waals surface area contributed by atoms with Gasteiger partial charge in [0.2, 0.25) is 0 Å². The molecular formula is C17H23N3O. The molecule has 3 rings (SSSR count). The molecule has 0 bridgehead atoms. The molecule has 2 aromatic rings. The summed E-state index contributed by atoms with van der Waals surface area (Å²) in [4.78, 5) is 0. The number of hydrogen-bond acceptors (Lipinski definition) is 3. The van der Waals surface area contributed by atoms with Crippen molar-refractivity contribution in [3.05, 3.63) is 48.3 Å². The summed E-state index contributed by atoms with van der Waals surface area (Å²) in [6.45, 7) is 5.20. The van der Waals surface area contributed by atoms with Crippen molar-refractivity contribution in [2.45, 2.75) is 44.9 Å². The Balaban J connectivity index is 1.92. The lowest BCUT2D eigenvalue weighted by molar-refractivity contribution is 0.0305. The van der Waals surface area contributed by atoms with Crippen LogP contribution in [0.5, 0.6) is 0 Å². The molecule has 3 atom stereocenters. The second-order valence-corrected chi connectivity index (χ2v) is 5.60. The first-order valence-electron chi connectivity index (χ1n) is 7.77. The molecule has 2 heterocycles. The molecule has 1 aliphatic rings. The van der Waals surface area contributed by atoms with Gasteiger partial charge in [0.15, 0.2) is 0 Å². The third-order valence-corrected chi connectivity index (χ3v) is 4.05. The van der Waals surface area contributed by atoms with Gasteiger partial charge in [-0.1, -0.05) is 25.1 Å². The summed E-state index contributed by atoms with van der Waals surface area (Å²) in [6.07, 6.45) is 4.67. The van der Waals surface area contributed by atoms with Gasteiger partial charge in [0.25, 0.3) is 0 Å². The molecule has 21 heavy (non-hydrogen) atoms. The van der Waals surface area contributed by atoms with E-state index < -0.39 is 0 Å². The first kappa shape index (κ1) is 14.3. The summed E-state index contributed by atoms with van der Waals surface area (Å²) >= 11 is 0. The molecule has 1 saturated heterocycles. The molecule has 1 aliphatic heterocycles. The Kier molecular flexibility index (Phi) is 4.36. The molecule has 3 unspecified atom stereocenters. The summed E-state index contributed by atoms with van der Waals surface area (Å²) in [5, 5.41) is 8.07. The summed E-state index contributed by atoms with van der Waals surface area (Å²) in [5.74, 6) is 0. The first-order chi connectivity index (χ1) is 10.3.